The van der Waals surface area contributed by atoms with Crippen LogP contribution in [0.4, 0.5) is 34.1 Å². The second kappa shape index (κ2) is 13.8. The number of anilines is 6. The molecule has 0 N–H and O–H groups in total. The van der Waals surface area contributed by atoms with Crippen molar-refractivity contribution in [1.82, 2.24) is 0 Å². The van der Waals surface area contributed by atoms with Gasteiger partial charge < -0.3 is 9.80 Å². The number of rotatable bonds is 8. The highest BCUT2D eigenvalue weighted by atomic mass is 15.1. The van der Waals surface area contributed by atoms with Crippen molar-refractivity contribution in [3.05, 3.63) is 218 Å². The van der Waals surface area contributed by atoms with Crippen molar-refractivity contribution in [2.24, 2.45) is 0 Å². The predicted molar refractivity (Wildman–Crippen MR) is 222 cm³/mol. The minimum absolute atomic E-state index is 0.0747. The maximum Gasteiger partial charge on any atom is 0.0629 e. The molecule has 0 saturated heterocycles. The van der Waals surface area contributed by atoms with Crippen LogP contribution in [-0.2, 0) is 0 Å². The lowest BCUT2D eigenvalue weighted by molar-refractivity contribution is 1.28. The molecule has 2 nitrogen and oxygen atoms in total. The fraction of sp³-hybridized carbons (Fsp3) is 0. The van der Waals surface area contributed by atoms with Crippen LogP contribution in [0.25, 0.3) is 43.8 Å². The van der Waals surface area contributed by atoms with Crippen molar-refractivity contribution in [3.8, 4) is 22.3 Å². The fourth-order valence-corrected chi connectivity index (χ4v) is 6.98. The zero-order chi connectivity index (χ0) is 38.2. The quantitative estimate of drug-likeness (QED) is 0.149. The van der Waals surface area contributed by atoms with Gasteiger partial charge in [0.15, 0.2) is 0 Å². The summed E-state index contributed by atoms with van der Waals surface area (Å²) in [5.41, 5.74) is 7.65. The summed E-state index contributed by atoms with van der Waals surface area (Å²) in [5, 5.41) is 4.62. The number of hydrogen-bond acceptors (Lipinski definition) is 2. The fourth-order valence-electron chi connectivity index (χ4n) is 6.98. The van der Waals surface area contributed by atoms with Crippen molar-refractivity contribution in [2.45, 2.75) is 0 Å². The summed E-state index contributed by atoms with van der Waals surface area (Å²) >= 11 is 0. The molecule has 9 aromatic carbocycles. The highest BCUT2D eigenvalue weighted by Crippen LogP contribution is 2.42. The minimum Gasteiger partial charge on any atom is -0.311 e. The van der Waals surface area contributed by atoms with Gasteiger partial charge in [-0.2, -0.15) is 0 Å². The van der Waals surface area contributed by atoms with Gasteiger partial charge in [-0.1, -0.05) is 152 Å². The van der Waals surface area contributed by atoms with Crippen LogP contribution in [-0.4, -0.2) is 0 Å². The summed E-state index contributed by atoms with van der Waals surface area (Å²) in [5.74, 6) is 0. The summed E-state index contributed by atoms with van der Waals surface area (Å²) < 4.78 is 36.6. The van der Waals surface area contributed by atoms with Crippen LogP contribution < -0.4 is 9.80 Å². The van der Waals surface area contributed by atoms with Crippen molar-refractivity contribution in [1.29, 1.82) is 0 Å². The molecule has 9 aromatic rings. The summed E-state index contributed by atoms with van der Waals surface area (Å²) in [4.78, 5) is 4.38. The average Bonchev–Trinajstić information content (AvgIpc) is 3.25. The van der Waals surface area contributed by atoms with Crippen LogP contribution in [0.5, 0.6) is 0 Å². The molecule has 9 rings (SSSR count). The van der Waals surface area contributed by atoms with E-state index in [9.17, 15) is 0 Å². The molecule has 0 heterocycles. The number of fused-ring (bicyclic) bond motifs is 3. The Morgan fingerprint density at radius 3 is 1.15 bits per heavy atom. The summed E-state index contributed by atoms with van der Waals surface area (Å²) in [7, 11) is 0. The smallest absolute Gasteiger partial charge is 0.0629 e. The van der Waals surface area contributed by atoms with Gasteiger partial charge >= 0.3 is 0 Å². The largest absolute Gasteiger partial charge is 0.311 e. The van der Waals surface area contributed by atoms with Crippen molar-refractivity contribution >= 4 is 55.7 Å². The van der Waals surface area contributed by atoms with Gasteiger partial charge in [0, 0.05) is 33.8 Å². The molecule has 0 aromatic heterocycles. The van der Waals surface area contributed by atoms with Gasteiger partial charge in [-0.15, -0.1) is 0 Å². The Kier molecular flexibility index (Phi) is 7.13. The number of hydrogen-bond donors (Lipinski definition) is 0. The van der Waals surface area contributed by atoms with E-state index in [2.05, 4.69) is 101 Å². The molecule has 0 atom stereocenters. The van der Waals surface area contributed by atoms with E-state index < -0.39 is 0 Å². The molecule has 246 valence electrons. The average molecular weight is 669 g/mol. The Labute approximate surface area is 310 Å². The van der Waals surface area contributed by atoms with Crippen LogP contribution in [0.3, 0.4) is 0 Å². The van der Waals surface area contributed by atoms with Gasteiger partial charge in [-0.3, -0.25) is 0 Å². The molecule has 0 aliphatic heterocycles. The number of benzene rings is 9. The van der Waals surface area contributed by atoms with Crippen LogP contribution in [0.2, 0.25) is 0 Å². The zero-order valence-electron chi connectivity index (χ0n) is 32.4. The van der Waals surface area contributed by atoms with Gasteiger partial charge in [0.25, 0.3) is 0 Å². The minimum atomic E-state index is -0.0755. The maximum atomic E-state index is 9.16. The molecule has 0 amide bonds. The Hall–Kier alpha value is -6.90. The molecule has 0 fully saturated rings. The van der Waals surface area contributed by atoms with Gasteiger partial charge in [0.1, 0.15) is 0 Å². The number of nitrogens with zero attached hydrogens (tertiary/aromatic N) is 2. The van der Waals surface area contributed by atoms with E-state index in [0.29, 0.717) is 11.1 Å². The van der Waals surface area contributed by atoms with E-state index in [4.69, 9.17) is 5.48 Å². The molecule has 0 radical (unpaired) electrons. The van der Waals surface area contributed by atoms with Crippen LogP contribution in [0.15, 0.2) is 218 Å². The molecular formula is C50H36N2. The van der Waals surface area contributed by atoms with Gasteiger partial charge in [-0.05, 0) is 105 Å². The standard InChI is InChI=1S/C50H36N2/c1-4-15-42(16-5-1)51(43-17-6-2-7-18-43)45-32-28-39(29-33-45)37-24-26-38(27-25-37)40-30-34-46(35-31-40)52(44-19-8-3-9-20-44)50-36-41-14-10-11-21-47(41)48-22-12-13-23-49(48)50/h1-36H/i24D,25D,26D,27D. The van der Waals surface area contributed by atoms with Crippen LogP contribution in [0, 0.1) is 0 Å². The Bertz CT molecular complexity index is 2760. The highest BCUT2D eigenvalue weighted by Gasteiger charge is 2.17. The molecule has 0 spiro atoms. The zero-order valence-corrected chi connectivity index (χ0v) is 28.4. The SMILES string of the molecule is [2H]c1c([2H])c(-c2ccc(N(c3ccccc3)c3cc4ccccc4c4ccccc34)cc2)c([2H])c([2H])c1-c1ccc(N(c2ccccc2)c2ccccc2)cc1. The van der Waals surface area contributed by atoms with Crippen LogP contribution in [0.1, 0.15) is 5.48 Å². The molecule has 0 bridgehead atoms. The second-order valence-electron chi connectivity index (χ2n) is 12.7. The predicted octanol–water partition coefficient (Wildman–Crippen LogP) is 14.3. The third kappa shape index (κ3) is 5.97. The third-order valence-corrected chi connectivity index (χ3v) is 9.48. The van der Waals surface area contributed by atoms with Gasteiger partial charge in [0.05, 0.1) is 11.2 Å². The Morgan fingerprint density at radius 1 is 0.288 bits per heavy atom. The van der Waals surface area contributed by atoms with E-state index in [0.717, 1.165) is 44.9 Å². The summed E-state index contributed by atoms with van der Waals surface area (Å²) in [6, 6.07) is 64.8. The van der Waals surface area contributed by atoms with Crippen molar-refractivity contribution in [3.63, 3.8) is 0 Å². The van der Waals surface area contributed by atoms with Gasteiger partial charge in [0.2, 0.25) is 0 Å². The molecule has 0 aliphatic carbocycles. The van der Waals surface area contributed by atoms with E-state index in [1.54, 1.807) is 0 Å². The lowest BCUT2D eigenvalue weighted by Crippen LogP contribution is -2.10. The van der Waals surface area contributed by atoms with E-state index >= 15 is 0 Å². The molecule has 0 saturated carbocycles. The van der Waals surface area contributed by atoms with Crippen molar-refractivity contribution in [2.75, 3.05) is 9.80 Å². The molecular weight excluding hydrogens is 629 g/mol. The monoisotopic (exact) mass is 668 g/mol. The first-order valence-corrected chi connectivity index (χ1v) is 17.4. The number of para-hydroxylation sites is 3. The Balaban J connectivity index is 1.10. The third-order valence-electron chi connectivity index (χ3n) is 9.48. The highest BCUT2D eigenvalue weighted by molar-refractivity contribution is 6.14. The van der Waals surface area contributed by atoms with Crippen LogP contribution >= 0.6 is 0 Å². The molecule has 2 heteroatoms. The normalized spacial score (nSPS) is 12.2. The van der Waals surface area contributed by atoms with E-state index in [1.807, 2.05) is 103 Å². The maximum absolute atomic E-state index is 9.16. The molecule has 0 unspecified atom stereocenters. The molecule has 0 aliphatic rings. The first kappa shape index (κ1) is 26.9. The van der Waals surface area contributed by atoms with E-state index in [1.165, 1.54) is 10.8 Å². The summed E-state index contributed by atoms with van der Waals surface area (Å²) in [6.07, 6.45) is 0. The van der Waals surface area contributed by atoms with Crippen molar-refractivity contribution < 1.29 is 5.48 Å². The first-order chi connectivity index (χ1) is 27.5. The topological polar surface area (TPSA) is 6.48 Å². The lowest BCUT2D eigenvalue weighted by atomic mass is 9.98. The molecule has 52 heavy (non-hydrogen) atoms. The lowest BCUT2D eigenvalue weighted by Gasteiger charge is -2.27. The van der Waals surface area contributed by atoms with E-state index in [-0.39, 0.29) is 35.3 Å². The Morgan fingerprint density at radius 2 is 0.654 bits per heavy atom. The summed E-state index contributed by atoms with van der Waals surface area (Å²) in [6.45, 7) is 0. The van der Waals surface area contributed by atoms with Gasteiger partial charge in [-0.25, -0.2) is 0 Å². The first-order valence-electron chi connectivity index (χ1n) is 19.4. The second-order valence-corrected chi connectivity index (χ2v) is 12.7.